The molecule has 2 atom stereocenters. The van der Waals surface area contributed by atoms with Gasteiger partial charge in [-0.25, -0.2) is 14.8 Å². The molecule has 1 heterocycles. The van der Waals surface area contributed by atoms with Gasteiger partial charge in [0.15, 0.2) is 0 Å². The fraction of sp³-hybridized carbons (Fsp3) is 0.652. The second kappa shape index (κ2) is 11.0. The Balaban J connectivity index is 1.91. The van der Waals surface area contributed by atoms with E-state index in [9.17, 15) is 9.59 Å². The minimum Gasteiger partial charge on any atom is -0.444 e. The predicted molar refractivity (Wildman–Crippen MR) is 121 cm³/mol. The van der Waals surface area contributed by atoms with Gasteiger partial charge < -0.3 is 20.3 Å². The second-order valence-electron chi connectivity index (χ2n) is 8.94. The first-order valence-electron chi connectivity index (χ1n) is 10.9. The summed E-state index contributed by atoms with van der Waals surface area (Å²) in [5.74, 6) is 8.03. The molecule has 1 aliphatic rings. The average Bonchev–Trinajstić information content (AvgIpc) is 2.66. The highest BCUT2D eigenvalue weighted by molar-refractivity contribution is 5.82. The quantitative estimate of drug-likeness (QED) is 0.698. The van der Waals surface area contributed by atoms with Crippen LogP contribution in [-0.2, 0) is 9.53 Å². The summed E-state index contributed by atoms with van der Waals surface area (Å²) in [5, 5.41) is 6.27. The van der Waals surface area contributed by atoms with Gasteiger partial charge in [0.25, 0.3) is 0 Å². The van der Waals surface area contributed by atoms with E-state index in [2.05, 4.69) is 32.4 Å². The fourth-order valence-corrected chi connectivity index (χ4v) is 3.39. The lowest BCUT2D eigenvalue weighted by Gasteiger charge is -2.28. The number of nitrogens with zero attached hydrogens (tertiary/aromatic N) is 3. The van der Waals surface area contributed by atoms with Crippen LogP contribution in [-0.4, -0.2) is 58.6 Å². The molecule has 1 saturated carbocycles. The number of anilines is 1. The summed E-state index contributed by atoms with van der Waals surface area (Å²) in [7, 11) is 1.56. The molecule has 1 aromatic rings. The predicted octanol–water partition coefficient (Wildman–Crippen LogP) is 3.11. The first kappa shape index (κ1) is 24.4. The molecule has 2 rings (SSSR count). The number of aryl methyl sites for hydroxylation is 1. The molecular formula is C23H35N5O3. The van der Waals surface area contributed by atoms with E-state index in [0.717, 1.165) is 43.6 Å². The van der Waals surface area contributed by atoms with Crippen molar-refractivity contribution in [1.82, 2.24) is 20.2 Å². The third-order valence-corrected chi connectivity index (χ3v) is 4.79. The molecule has 8 nitrogen and oxygen atoms in total. The van der Waals surface area contributed by atoms with Crippen molar-refractivity contribution in [1.29, 1.82) is 0 Å². The second-order valence-corrected chi connectivity index (χ2v) is 8.94. The monoisotopic (exact) mass is 429 g/mol. The molecule has 2 amide bonds. The van der Waals surface area contributed by atoms with Crippen LogP contribution in [0, 0.1) is 24.7 Å². The Labute approximate surface area is 185 Å². The van der Waals surface area contributed by atoms with Crippen molar-refractivity contribution in [3.8, 4) is 11.8 Å². The smallest absolute Gasteiger partial charge is 0.410 e. The molecule has 0 aliphatic heterocycles. The van der Waals surface area contributed by atoms with E-state index >= 15 is 0 Å². The van der Waals surface area contributed by atoms with Gasteiger partial charge in [-0.1, -0.05) is 18.3 Å². The van der Waals surface area contributed by atoms with Gasteiger partial charge in [-0.15, -0.1) is 0 Å². The minimum atomic E-state index is -0.591. The van der Waals surface area contributed by atoms with Crippen molar-refractivity contribution in [2.75, 3.05) is 25.5 Å². The van der Waals surface area contributed by atoms with Gasteiger partial charge in [0.2, 0.25) is 5.91 Å². The van der Waals surface area contributed by atoms with Crippen LogP contribution >= 0.6 is 0 Å². The molecule has 0 unspecified atom stereocenters. The highest BCUT2D eigenvalue weighted by Crippen LogP contribution is 2.24. The summed E-state index contributed by atoms with van der Waals surface area (Å²) in [6.07, 6.45) is 4.94. The molecule has 8 heteroatoms. The van der Waals surface area contributed by atoms with Crippen molar-refractivity contribution in [3.63, 3.8) is 0 Å². The number of nitrogens with one attached hydrogen (secondary N) is 2. The number of amides is 2. The summed E-state index contributed by atoms with van der Waals surface area (Å²) in [6.45, 7) is 10.00. The van der Waals surface area contributed by atoms with Gasteiger partial charge in [-0.2, -0.15) is 0 Å². The maximum Gasteiger partial charge on any atom is 0.410 e. The summed E-state index contributed by atoms with van der Waals surface area (Å²) >= 11 is 0. The van der Waals surface area contributed by atoms with Crippen LogP contribution in [0.3, 0.4) is 0 Å². The molecule has 31 heavy (non-hydrogen) atoms. The van der Waals surface area contributed by atoms with Crippen molar-refractivity contribution in [2.24, 2.45) is 5.92 Å². The number of aromatic nitrogens is 2. The molecule has 0 bridgehead atoms. The van der Waals surface area contributed by atoms with Crippen LogP contribution in [0.5, 0.6) is 0 Å². The number of hydrogen-bond acceptors (Lipinski definition) is 6. The lowest BCUT2D eigenvalue weighted by molar-refractivity contribution is -0.123. The van der Waals surface area contributed by atoms with E-state index in [4.69, 9.17) is 4.74 Å². The average molecular weight is 430 g/mol. The van der Waals surface area contributed by atoms with Crippen molar-refractivity contribution in [3.05, 3.63) is 17.6 Å². The van der Waals surface area contributed by atoms with Gasteiger partial charge in [-0.3, -0.25) is 4.79 Å². The van der Waals surface area contributed by atoms with Crippen LogP contribution in [0.1, 0.15) is 64.8 Å². The number of carbonyl (C=O) groups excluding carboxylic acids is 2. The zero-order valence-corrected chi connectivity index (χ0v) is 19.5. The number of likely N-dealkylation sites (N-methyl/N-ethyl adjacent to an activating group) is 1. The molecule has 0 saturated heterocycles. The lowest BCUT2D eigenvalue weighted by Crippen LogP contribution is -2.45. The highest BCUT2D eigenvalue weighted by atomic mass is 16.6. The van der Waals surface area contributed by atoms with Crippen LogP contribution in [0.25, 0.3) is 0 Å². The summed E-state index contributed by atoms with van der Waals surface area (Å²) in [6, 6.07) is 0.0510. The Morgan fingerprint density at radius 1 is 1.32 bits per heavy atom. The summed E-state index contributed by atoms with van der Waals surface area (Å²) in [4.78, 5) is 34.4. The van der Waals surface area contributed by atoms with Gasteiger partial charge in [0, 0.05) is 31.7 Å². The van der Waals surface area contributed by atoms with Crippen molar-refractivity contribution >= 4 is 17.8 Å². The Morgan fingerprint density at radius 3 is 2.74 bits per heavy atom. The molecule has 0 aromatic carbocycles. The number of carbonyl (C=O) groups is 2. The van der Waals surface area contributed by atoms with Crippen molar-refractivity contribution < 1.29 is 14.3 Å². The Morgan fingerprint density at radius 2 is 2.06 bits per heavy atom. The summed E-state index contributed by atoms with van der Waals surface area (Å²) in [5.41, 5.74) is 0.198. The number of ether oxygens (including phenoxy) is 1. The van der Waals surface area contributed by atoms with Crippen LogP contribution in [0.4, 0.5) is 10.6 Å². The first-order valence-corrected chi connectivity index (χ1v) is 10.9. The largest absolute Gasteiger partial charge is 0.444 e. The molecule has 1 fully saturated rings. The molecule has 0 spiro atoms. The Bertz CT molecular complexity index is 838. The third-order valence-electron chi connectivity index (χ3n) is 4.79. The van der Waals surface area contributed by atoms with Crippen molar-refractivity contribution in [2.45, 2.75) is 71.9 Å². The standard InChI is InChI=1S/C23H35N5O3/c1-7-24-21-18(14-25-16(2)26-21)12-11-17-9-8-10-19(13-17)27-20(29)15-28(6)22(30)31-23(3,4)5/h14,17,19H,7-10,13,15H2,1-6H3,(H,27,29)(H,24,25,26)/t17-,19-/m0/s1. The van der Waals surface area contributed by atoms with E-state index in [-0.39, 0.29) is 24.4 Å². The maximum atomic E-state index is 12.4. The zero-order chi connectivity index (χ0) is 23.0. The van der Waals surface area contributed by atoms with E-state index in [1.54, 1.807) is 34.0 Å². The Hall–Kier alpha value is -2.82. The van der Waals surface area contributed by atoms with E-state index in [1.807, 2.05) is 13.8 Å². The normalized spacial score (nSPS) is 18.4. The van der Waals surface area contributed by atoms with Gasteiger partial charge >= 0.3 is 6.09 Å². The molecule has 0 radical (unpaired) electrons. The molecule has 170 valence electrons. The SMILES string of the molecule is CCNc1nc(C)ncc1C#C[C@@H]1CCC[C@H](NC(=O)CN(C)C(=O)OC(C)(C)C)C1. The highest BCUT2D eigenvalue weighted by Gasteiger charge is 2.25. The number of rotatable bonds is 5. The maximum absolute atomic E-state index is 12.4. The molecular weight excluding hydrogens is 394 g/mol. The fourth-order valence-electron chi connectivity index (χ4n) is 3.39. The van der Waals surface area contributed by atoms with E-state index < -0.39 is 11.7 Å². The molecule has 1 aromatic heterocycles. The number of hydrogen-bond donors (Lipinski definition) is 2. The third kappa shape index (κ3) is 8.44. The van der Waals surface area contributed by atoms with E-state index in [1.165, 1.54) is 4.90 Å². The molecule has 1 aliphatic carbocycles. The van der Waals surface area contributed by atoms with Crippen LogP contribution in [0.15, 0.2) is 6.20 Å². The Kier molecular flexibility index (Phi) is 8.66. The topological polar surface area (TPSA) is 96.5 Å². The van der Waals surface area contributed by atoms with Crippen LogP contribution in [0.2, 0.25) is 0 Å². The van der Waals surface area contributed by atoms with Crippen LogP contribution < -0.4 is 10.6 Å². The van der Waals surface area contributed by atoms with Gasteiger partial charge in [0.05, 0.1) is 5.56 Å². The van der Waals surface area contributed by atoms with E-state index in [0.29, 0.717) is 5.82 Å². The first-order chi connectivity index (χ1) is 14.6. The lowest BCUT2D eigenvalue weighted by atomic mass is 9.86. The zero-order valence-electron chi connectivity index (χ0n) is 19.5. The summed E-state index contributed by atoms with van der Waals surface area (Å²) < 4.78 is 5.29. The van der Waals surface area contributed by atoms with Gasteiger partial charge in [-0.05, 0) is 53.9 Å². The molecule has 2 N–H and O–H groups in total. The minimum absolute atomic E-state index is 0.0332. The van der Waals surface area contributed by atoms with Gasteiger partial charge in [0.1, 0.15) is 23.8 Å².